The summed E-state index contributed by atoms with van der Waals surface area (Å²) in [6.07, 6.45) is 6.40. The average Bonchev–Trinajstić information content (AvgIpc) is 2.66. The number of carbonyl (C=O) groups is 1. The van der Waals surface area contributed by atoms with Crippen molar-refractivity contribution in [1.29, 1.82) is 0 Å². The number of benzene rings is 1. The van der Waals surface area contributed by atoms with E-state index >= 15 is 0 Å². The fourth-order valence-electron chi connectivity index (χ4n) is 2.54. The molecule has 1 aromatic rings. The molecule has 20 heavy (non-hydrogen) atoms. The molecule has 1 aromatic carbocycles. The molecule has 0 heterocycles. The van der Waals surface area contributed by atoms with Crippen molar-refractivity contribution in [3.63, 3.8) is 0 Å². The first-order chi connectivity index (χ1) is 9.58. The Morgan fingerprint density at radius 1 is 1.25 bits per heavy atom. The van der Waals surface area contributed by atoms with Crippen LogP contribution in [0.15, 0.2) is 18.2 Å². The van der Waals surface area contributed by atoms with E-state index in [-0.39, 0.29) is 17.3 Å². The van der Waals surface area contributed by atoms with Crippen LogP contribution in [0.2, 0.25) is 5.02 Å². The number of nitrogens with zero attached hydrogens (tertiary/aromatic N) is 1. The highest BCUT2D eigenvalue weighted by atomic mass is 35.5. The quantitative estimate of drug-likeness (QED) is 0.525. The lowest BCUT2D eigenvalue weighted by molar-refractivity contribution is -0.385. The molecule has 1 N–H and O–H groups in total. The molecule has 1 aliphatic rings. The first-order valence-corrected chi connectivity index (χ1v) is 7.20. The van der Waals surface area contributed by atoms with Gasteiger partial charge in [0.25, 0.3) is 11.6 Å². The predicted octanol–water partition coefficient (Wildman–Crippen LogP) is 3.70. The van der Waals surface area contributed by atoms with E-state index in [0.717, 1.165) is 25.7 Å². The van der Waals surface area contributed by atoms with Gasteiger partial charge >= 0.3 is 0 Å². The minimum atomic E-state index is -0.557. The second kappa shape index (κ2) is 6.70. The second-order valence-corrected chi connectivity index (χ2v) is 5.52. The topological polar surface area (TPSA) is 72.2 Å². The van der Waals surface area contributed by atoms with E-state index < -0.39 is 10.8 Å². The molecule has 0 aromatic heterocycles. The van der Waals surface area contributed by atoms with Crippen molar-refractivity contribution in [2.24, 2.45) is 0 Å². The third-order valence-corrected chi connectivity index (χ3v) is 3.83. The van der Waals surface area contributed by atoms with E-state index in [9.17, 15) is 14.9 Å². The molecular formula is C14H17ClN2O3. The highest BCUT2D eigenvalue weighted by molar-refractivity contribution is 6.31. The normalized spacial score (nSPS) is 16.4. The van der Waals surface area contributed by atoms with Gasteiger partial charge in [-0.25, -0.2) is 0 Å². The molecule has 0 atom stereocenters. The minimum absolute atomic E-state index is 0.0340. The zero-order valence-electron chi connectivity index (χ0n) is 11.1. The van der Waals surface area contributed by atoms with E-state index in [2.05, 4.69) is 5.32 Å². The predicted molar refractivity (Wildman–Crippen MR) is 77.1 cm³/mol. The minimum Gasteiger partial charge on any atom is -0.349 e. The van der Waals surface area contributed by atoms with Crippen LogP contribution in [0.25, 0.3) is 0 Å². The molecule has 1 aliphatic carbocycles. The van der Waals surface area contributed by atoms with E-state index in [1.165, 1.54) is 31.0 Å². The SMILES string of the molecule is O=C(NC1CCCCCC1)c1cc(Cl)ccc1[N+](=O)[O-]. The molecule has 1 fully saturated rings. The Kier molecular flexibility index (Phi) is 4.95. The summed E-state index contributed by atoms with van der Waals surface area (Å²) in [6.45, 7) is 0. The zero-order chi connectivity index (χ0) is 14.5. The van der Waals surface area contributed by atoms with Crippen molar-refractivity contribution in [3.05, 3.63) is 38.9 Å². The van der Waals surface area contributed by atoms with Crippen molar-refractivity contribution in [1.82, 2.24) is 5.32 Å². The summed E-state index contributed by atoms with van der Waals surface area (Å²) >= 11 is 5.83. The number of amides is 1. The molecule has 0 saturated heterocycles. The van der Waals surface area contributed by atoms with Crippen molar-refractivity contribution < 1.29 is 9.72 Å². The lowest BCUT2D eigenvalue weighted by Gasteiger charge is -2.16. The maximum Gasteiger partial charge on any atom is 0.282 e. The van der Waals surface area contributed by atoms with Crippen molar-refractivity contribution >= 4 is 23.2 Å². The van der Waals surface area contributed by atoms with Crippen LogP contribution >= 0.6 is 11.6 Å². The number of rotatable bonds is 3. The summed E-state index contributed by atoms with van der Waals surface area (Å²) in [5.41, 5.74) is -0.174. The van der Waals surface area contributed by atoms with Crippen LogP contribution in [-0.2, 0) is 0 Å². The fraction of sp³-hybridized carbons (Fsp3) is 0.500. The average molecular weight is 297 g/mol. The number of hydrogen-bond donors (Lipinski definition) is 1. The maximum atomic E-state index is 12.2. The Morgan fingerprint density at radius 3 is 2.50 bits per heavy atom. The summed E-state index contributed by atoms with van der Waals surface area (Å²) < 4.78 is 0. The summed E-state index contributed by atoms with van der Waals surface area (Å²) in [6, 6.07) is 4.14. The third-order valence-electron chi connectivity index (χ3n) is 3.59. The summed E-state index contributed by atoms with van der Waals surface area (Å²) in [5, 5.41) is 14.2. The maximum absolute atomic E-state index is 12.2. The van der Waals surface area contributed by atoms with Gasteiger partial charge in [0.1, 0.15) is 5.56 Å². The lowest BCUT2D eigenvalue weighted by atomic mass is 10.1. The Bertz CT molecular complexity index is 511. The van der Waals surface area contributed by atoms with Crippen LogP contribution < -0.4 is 5.32 Å². The van der Waals surface area contributed by atoms with Gasteiger partial charge in [-0.1, -0.05) is 37.3 Å². The number of nitro groups is 1. The zero-order valence-corrected chi connectivity index (χ0v) is 11.9. The van der Waals surface area contributed by atoms with Crippen LogP contribution in [0.4, 0.5) is 5.69 Å². The van der Waals surface area contributed by atoms with Gasteiger partial charge < -0.3 is 5.32 Å². The third kappa shape index (κ3) is 3.70. The van der Waals surface area contributed by atoms with Gasteiger partial charge in [0.15, 0.2) is 0 Å². The second-order valence-electron chi connectivity index (χ2n) is 5.08. The summed E-state index contributed by atoms with van der Waals surface area (Å²) in [5.74, 6) is -0.411. The number of carbonyl (C=O) groups excluding carboxylic acids is 1. The van der Waals surface area contributed by atoms with Crippen LogP contribution in [0.1, 0.15) is 48.9 Å². The lowest BCUT2D eigenvalue weighted by Crippen LogP contribution is -2.34. The van der Waals surface area contributed by atoms with E-state index in [1.807, 2.05) is 0 Å². The molecule has 5 nitrogen and oxygen atoms in total. The molecule has 0 unspecified atom stereocenters. The largest absolute Gasteiger partial charge is 0.349 e. The number of hydrogen-bond acceptors (Lipinski definition) is 3. The summed E-state index contributed by atoms with van der Waals surface area (Å²) in [7, 11) is 0. The van der Waals surface area contributed by atoms with Crippen LogP contribution in [-0.4, -0.2) is 16.9 Å². The van der Waals surface area contributed by atoms with E-state index in [1.54, 1.807) is 0 Å². The number of nitro benzene ring substituents is 1. The molecule has 1 amide bonds. The Labute approximate surface area is 122 Å². The molecule has 2 rings (SSSR count). The van der Waals surface area contributed by atoms with Crippen LogP contribution in [0.5, 0.6) is 0 Å². The Balaban J connectivity index is 2.15. The monoisotopic (exact) mass is 296 g/mol. The van der Waals surface area contributed by atoms with Gasteiger partial charge in [-0.05, 0) is 25.0 Å². The number of halogens is 1. The van der Waals surface area contributed by atoms with E-state index in [4.69, 9.17) is 11.6 Å². The van der Waals surface area contributed by atoms with Gasteiger partial charge in [-0.15, -0.1) is 0 Å². The van der Waals surface area contributed by atoms with Crippen molar-refractivity contribution in [2.45, 2.75) is 44.6 Å². The van der Waals surface area contributed by atoms with Crippen LogP contribution in [0, 0.1) is 10.1 Å². The Morgan fingerprint density at radius 2 is 1.90 bits per heavy atom. The molecule has 0 radical (unpaired) electrons. The molecule has 0 bridgehead atoms. The molecular weight excluding hydrogens is 280 g/mol. The van der Waals surface area contributed by atoms with Gasteiger partial charge in [-0.3, -0.25) is 14.9 Å². The fourth-order valence-corrected chi connectivity index (χ4v) is 2.71. The van der Waals surface area contributed by atoms with Crippen molar-refractivity contribution in [3.8, 4) is 0 Å². The molecule has 6 heteroatoms. The van der Waals surface area contributed by atoms with Gasteiger partial charge in [0.2, 0.25) is 0 Å². The molecule has 0 aliphatic heterocycles. The summed E-state index contributed by atoms with van der Waals surface area (Å²) in [4.78, 5) is 22.6. The van der Waals surface area contributed by atoms with Gasteiger partial charge in [0.05, 0.1) is 4.92 Å². The first kappa shape index (κ1) is 14.8. The smallest absolute Gasteiger partial charge is 0.282 e. The number of nitrogens with one attached hydrogen (secondary N) is 1. The van der Waals surface area contributed by atoms with Crippen molar-refractivity contribution in [2.75, 3.05) is 0 Å². The Hall–Kier alpha value is -1.62. The first-order valence-electron chi connectivity index (χ1n) is 6.83. The highest BCUT2D eigenvalue weighted by Crippen LogP contribution is 2.24. The standard InChI is InChI=1S/C14H17ClN2O3/c15-10-7-8-13(17(19)20)12(9-10)14(18)16-11-5-3-1-2-4-6-11/h7-9,11H,1-6H2,(H,16,18). The highest BCUT2D eigenvalue weighted by Gasteiger charge is 2.23. The molecule has 108 valence electrons. The van der Waals surface area contributed by atoms with Gasteiger partial charge in [0, 0.05) is 17.1 Å². The molecule has 0 spiro atoms. The van der Waals surface area contributed by atoms with Crippen LogP contribution in [0.3, 0.4) is 0 Å². The van der Waals surface area contributed by atoms with Gasteiger partial charge in [-0.2, -0.15) is 0 Å². The van der Waals surface area contributed by atoms with E-state index in [0.29, 0.717) is 5.02 Å². The molecule has 1 saturated carbocycles.